The van der Waals surface area contributed by atoms with Crippen molar-refractivity contribution in [3.05, 3.63) is 23.2 Å². The standard InChI is InChI=1S/C12H14ClN3O2S/c13-8-3-4-11-10(6-8)15-12(14)16(11)7-9-2-1-5-19(9,17)18/h3-4,6,9H,1-2,5,7H2,(H2,14,15). The van der Waals surface area contributed by atoms with Crippen LogP contribution in [0.2, 0.25) is 5.02 Å². The molecular formula is C12H14ClN3O2S. The molecule has 1 aromatic carbocycles. The van der Waals surface area contributed by atoms with Gasteiger partial charge in [0.2, 0.25) is 5.95 Å². The van der Waals surface area contributed by atoms with Crippen LogP contribution in [0.3, 0.4) is 0 Å². The molecule has 102 valence electrons. The lowest BCUT2D eigenvalue weighted by Gasteiger charge is -2.12. The van der Waals surface area contributed by atoms with Crippen molar-refractivity contribution in [1.29, 1.82) is 0 Å². The van der Waals surface area contributed by atoms with Gasteiger partial charge in [-0.25, -0.2) is 13.4 Å². The Morgan fingerprint density at radius 1 is 1.47 bits per heavy atom. The molecule has 2 N–H and O–H groups in total. The maximum atomic E-state index is 11.9. The minimum atomic E-state index is -2.99. The second kappa shape index (κ2) is 4.38. The number of rotatable bonds is 2. The topological polar surface area (TPSA) is 78.0 Å². The Morgan fingerprint density at radius 2 is 2.26 bits per heavy atom. The molecule has 1 unspecified atom stereocenters. The Kier molecular flexibility index (Phi) is 2.94. The van der Waals surface area contributed by atoms with Gasteiger partial charge in [0.25, 0.3) is 0 Å². The van der Waals surface area contributed by atoms with E-state index in [0.29, 0.717) is 29.5 Å². The summed E-state index contributed by atoms with van der Waals surface area (Å²) in [6.45, 7) is 0.367. The Bertz CT molecular complexity index is 739. The highest BCUT2D eigenvalue weighted by atomic mass is 35.5. The van der Waals surface area contributed by atoms with E-state index in [1.165, 1.54) is 0 Å². The van der Waals surface area contributed by atoms with Gasteiger partial charge in [-0.2, -0.15) is 0 Å². The zero-order chi connectivity index (χ0) is 13.6. The van der Waals surface area contributed by atoms with Gasteiger partial charge in [-0.3, -0.25) is 0 Å². The van der Waals surface area contributed by atoms with E-state index in [2.05, 4.69) is 4.98 Å². The molecule has 2 aromatic rings. The molecule has 7 heteroatoms. The van der Waals surface area contributed by atoms with Crippen LogP contribution in [-0.4, -0.2) is 29.0 Å². The van der Waals surface area contributed by atoms with Gasteiger partial charge in [0.15, 0.2) is 9.84 Å². The number of benzene rings is 1. The average Bonchev–Trinajstić information content (AvgIpc) is 2.80. The van der Waals surface area contributed by atoms with E-state index < -0.39 is 9.84 Å². The number of imidazole rings is 1. The molecule has 1 aliphatic heterocycles. The van der Waals surface area contributed by atoms with E-state index in [9.17, 15) is 8.42 Å². The number of aromatic nitrogens is 2. The second-order valence-electron chi connectivity index (χ2n) is 4.84. The first kappa shape index (κ1) is 12.7. The molecule has 0 aliphatic carbocycles. The number of fused-ring (bicyclic) bond motifs is 1. The monoisotopic (exact) mass is 299 g/mol. The molecule has 1 aliphatic rings. The van der Waals surface area contributed by atoms with E-state index in [4.69, 9.17) is 17.3 Å². The van der Waals surface area contributed by atoms with E-state index in [0.717, 1.165) is 11.9 Å². The predicted octanol–water partition coefficient (Wildman–Crippen LogP) is 1.85. The van der Waals surface area contributed by atoms with Crippen molar-refractivity contribution in [2.24, 2.45) is 0 Å². The number of anilines is 1. The minimum absolute atomic E-state index is 0.274. The lowest BCUT2D eigenvalue weighted by molar-refractivity contribution is 0.571. The van der Waals surface area contributed by atoms with Gasteiger partial charge in [0.1, 0.15) is 0 Å². The summed E-state index contributed by atoms with van der Waals surface area (Å²) in [5.41, 5.74) is 7.40. The van der Waals surface area contributed by atoms with Crippen LogP contribution < -0.4 is 5.73 Å². The van der Waals surface area contributed by atoms with Crippen LogP contribution in [0, 0.1) is 0 Å². The molecule has 3 rings (SSSR count). The zero-order valence-electron chi connectivity index (χ0n) is 10.2. The van der Waals surface area contributed by atoms with Crippen LogP contribution >= 0.6 is 11.6 Å². The molecule has 1 saturated heterocycles. The van der Waals surface area contributed by atoms with Crippen molar-refractivity contribution in [3.8, 4) is 0 Å². The molecule has 2 heterocycles. The van der Waals surface area contributed by atoms with Crippen molar-refractivity contribution in [1.82, 2.24) is 9.55 Å². The maximum absolute atomic E-state index is 11.9. The van der Waals surface area contributed by atoms with Gasteiger partial charge in [-0.05, 0) is 31.0 Å². The second-order valence-corrected chi connectivity index (χ2v) is 7.68. The Morgan fingerprint density at radius 3 is 2.95 bits per heavy atom. The molecule has 0 spiro atoms. The molecule has 0 bridgehead atoms. The highest BCUT2D eigenvalue weighted by molar-refractivity contribution is 7.92. The zero-order valence-corrected chi connectivity index (χ0v) is 11.8. The fourth-order valence-electron chi connectivity index (χ4n) is 2.58. The van der Waals surface area contributed by atoms with E-state index >= 15 is 0 Å². The molecule has 1 fully saturated rings. The SMILES string of the molecule is Nc1nc2cc(Cl)ccc2n1CC1CCCS1(=O)=O. The summed E-state index contributed by atoms with van der Waals surface area (Å²) < 4.78 is 25.6. The first-order chi connectivity index (χ1) is 8.97. The number of nitrogen functional groups attached to an aromatic ring is 1. The number of halogens is 1. The van der Waals surface area contributed by atoms with Crippen molar-refractivity contribution in [2.45, 2.75) is 24.6 Å². The molecule has 1 atom stereocenters. The fraction of sp³-hybridized carbons (Fsp3) is 0.417. The van der Waals surface area contributed by atoms with E-state index in [1.807, 2.05) is 6.07 Å². The highest BCUT2D eigenvalue weighted by Gasteiger charge is 2.32. The molecule has 0 saturated carbocycles. The molecule has 1 aromatic heterocycles. The third-order valence-corrected chi connectivity index (χ3v) is 6.08. The first-order valence-electron chi connectivity index (χ1n) is 6.10. The lowest BCUT2D eigenvalue weighted by Crippen LogP contribution is -2.23. The van der Waals surface area contributed by atoms with Gasteiger partial charge in [0, 0.05) is 11.6 Å². The number of nitrogens with two attached hydrogens (primary N) is 1. The largest absolute Gasteiger partial charge is 0.369 e. The van der Waals surface area contributed by atoms with Gasteiger partial charge >= 0.3 is 0 Å². The summed E-state index contributed by atoms with van der Waals surface area (Å²) in [5, 5.41) is 0.230. The van der Waals surface area contributed by atoms with Gasteiger partial charge in [-0.15, -0.1) is 0 Å². The Labute approximate surface area is 116 Å². The molecule has 5 nitrogen and oxygen atoms in total. The van der Waals surface area contributed by atoms with E-state index in [-0.39, 0.29) is 11.0 Å². The Hall–Kier alpha value is -1.27. The first-order valence-corrected chi connectivity index (χ1v) is 8.19. The third-order valence-electron chi connectivity index (χ3n) is 3.59. The molecule has 0 radical (unpaired) electrons. The van der Waals surface area contributed by atoms with Crippen LogP contribution in [0.25, 0.3) is 11.0 Å². The normalized spacial score (nSPS) is 22.1. The van der Waals surface area contributed by atoms with Crippen LogP contribution in [-0.2, 0) is 16.4 Å². The van der Waals surface area contributed by atoms with E-state index in [1.54, 1.807) is 16.7 Å². The number of hydrogen-bond acceptors (Lipinski definition) is 4. The van der Waals surface area contributed by atoms with Crippen molar-refractivity contribution in [2.75, 3.05) is 11.5 Å². The minimum Gasteiger partial charge on any atom is -0.369 e. The van der Waals surface area contributed by atoms with Crippen LogP contribution in [0.4, 0.5) is 5.95 Å². The average molecular weight is 300 g/mol. The third kappa shape index (κ3) is 2.19. The number of sulfone groups is 1. The van der Waals surface area contributed by atoms with Crippen LogP contribution in [0.15, 0.2) is 18.2 Å². The lowest BCUT2D eigenvalue weighted by atomic mass is 10.2. The number of hydrogen-bond donors (Lipinski definition) is 1. The smallest absolute Gasteiger partial charge is 0.201 e. The van der Waals surface area contributed by atoms with Gasteiger partial charge < -0.3 is 10.3 Å². The van der Waals surface area contributed by atoms with Crippen molar-refractivity contribution >= 4 is 38.4 Å². The van der Waals surface area contributed by atoms with Gasteiger partial charge in [0.05, 0.1) is 22.0 Å². The van der Waals surface area contributed by atoms with Crippen molar-refractivity contribution < 1.29 is 8.42 Å². The number of nitrogens with zero attached hydrogens (tertiary/aromatic N) is 2. The summed E-state index contributed by atoms with van der Waals surface area (Å²) in [6, 6.07) is 5.31. The fourth-order valence-corrected chi connectivity index (χ4v) is 4.55. The van der Waals surface area contributed by atoms with Crippen LogP contribution in [0.1, 0.15) is 12.8 Å². The summed E-state index contributed by atoms with van der Waals surface area (Å²) in [6.07, 6.45) is 1.42. The summed E-state index contributed by atoms with van der Waals surface area (Å²) >= 11 is 5.91. The maximum Gasteiger partial charge on any atom is 0.201 e. The molecule has 0 amide bonds. The van der Waals surface area contributed by atoms with Gasteiger partial charge in [-0.1, -0.05) is 11.6 Å². The Balaban J connectivity index is 2.03. The summed E-state index contributed by atoms with van der Waals surface area (Å²) in [4.78, 5) is 4.23. The molecular weight excluding hydrogens is 286 g/mol. The quantitative estimate of drug-likeness (QED) is 0.918. The predicted molar refractivity (Wildman–Crippen MR) is 76.0 cm³/mol. The summed E-state index contributed by atoms with van der Waals surface area (Å²) in [7, 11) is -2.99. The highest BCUT2D eigenvalue weighted by Crippen LogP contribution is 2.26. The van der Waals surface area contributed by atoms with Crippen molar-refractivity contribution in [3.63, 3.8) is 0 Å². The van der Waals surface area contributed by atoms with Crippen LogP contribution in [0.5, 0.6) is 0 Å². The molecule has 19 heavy (non-hydrogen) atoms. The summed E-state index contributed by atoms with van der Waals surface area (Å²) in [5.74, 6) is 0.607.